The fourth-order valence-corrected chi connectivity index (χ4v) is 3.77. The first kappa shape index (κ1) is 24.1. The highest BCUT2D eigenvalue weighted by Gasteiger charge is 2.22. The molecule has 164 valence electrons. The van der Waals surface area contributed by atoms with Gasteiger partial charge in [-0.15, -0.1) is 0 Å². The van der Waals surface area contributed by atoms with E-state index in [0.29, 0.717) is 25.7 Å². The molecule has 0 heterocycles. The SMILES string of the molecule is CC(C)OC(=O)CCCC=CCC1=C(CC[C@H](O)CCc2ccccc2)CCC1=O. The van der Waals surface area contributed by atoms with Crippen LogP contribution in [0.5, 0.6) is 0 Å². The van der Waals surface area contributed by atoms with Crippen molar-refractivity contribution in [2.24, 2.45) is 0 Å². The van der Waals surface area contributed by atoms with E-state index in [1.165, 1.54) is 11.1 Å². The van der Waals surface area contributed by atoms with Crippen LogP contribution < -0.4 is 0 Å². The molecule has 0 amide bonds. The van der Waals surface area contributed by atoms with Gasteiger partial charge in [0, 0.05) is 12.8 Å². The van der Waals surface area contributed by atoms with Gasteiger partial charge in [-0.3, -0.25) is 9.59 Å². The molecule has 0 saturated heterocycles. The van der Waals surface area contributed by atoms with Crippen molar-refractivity contribution in [3.63, 3.8) is 0 Å². The molecule has 1 aliphatic rings. The van der Waals surface area contributed by atoms with Crippen molar-refractivity contribution in [1.29, 1.82) is 0 Å². The van der Waals surface area contributed by atoms with Gasteiger partial charge in [-0.25, -0.2) is 0 Å². The first-order valence-corrected chi connectivity index (χ1v) is 11.3. The number of benzene rings is 1. The fraction of sp³-hybridized carbons (Fsp3) is 0.538. The van der Waals surface area contributed by atoms with Gasteiger partial charge in [0.2, 0.25) is 0 Å². The highest BCUT2D eigenvalue weighted by atomic mass is 16.5. The number of aliphatic hydroxyl groups excluding tert-OH is 1. The lowest BCUT2D eigenvalue weighted by atomic mass is 9.98. The Morgan fingerprint density at radius 2 is 1.83 bits per heavy atom. The van der Waals surface area contributed by atoms with E-state index in [2.05, 4.69) is 12.1 Å². The number of allylic oxidation sites excluding steroid dienone is 4. The Bertz CT molecular complexity index is 731. The van der Waals surface area contributed by atoms with Crippen molar-refractivity contribution in [3.05, 3.63) is 59.2 Å². The zero-order valence-corrected chi connectivity index (χ0v) is 18.4. The smallest absolute Gasteiger partial charge is 0.306 e. The Balaban J connectivity index is 1.71. The molecule has 0 fully saturated rings. The Labute approximate surface area is 181 Å². The number of hydrogen-bond acceptors (Lipinski definition) is 4. The lowest BCUT2D eigenvalue weighted by Gasteiger charge is -2.12. The van der Waals surface area contributed by atoms with Crippen molar-refractivity contribution in [1.82, 2.24) is 0 Å². The molecule has 1 atom stereocenters. The number of carbonyl (C=O) groups excluding carboxylic acids is 2. The fourth-order valence-electron chi connectivity index (χ4n) is 3.77. The van der Waals surface area contributed by atoms with Gasteiger partial charge in [-0.05, 0) is 76.4 Å². The lowest BCUT2D eigenvalue weighted by Crippen LogP contribution is -2.10. The summed E-state index contributed by atoms with van der Waals surface area (Å²) in [6, 6.07) is 10.2. The average molecular weight is 413 g/mol. The van der Waals surface area contributed by atoms with E-state index in [4.69, 9.17) is 4.74 Å². The Morgan fingerprint density at radius 3 is 2.57 bits per heavy atom. The number of ether oxygens (including phenoxy) is 1. The number of aliphatic hydroxyl groups is 1. The number of hydrogen-bond donors (Lipinski definition) is 1. The zero-order valence-electron chi connectivity index (χ0n) is 18.4. The predicted octanol–water partition coefficient (Wildman–Crippen LogP) is 5.49. The summed E-state index contributed by atoms with van der Waals surface area (Å²) in [7, 11) is 0. The molecule has 1 aromatic rings. The summed E-state index contributed by atoms with van der Waals surface area (Å²) in [5, 5.41) is 10.3. The number of ketones is 1. The molecule has 1 aliphatic carbocycles. The van der Waals surface area contributed by atoms with Crippen LogP contribution in [0.1, 0.15) is 77.2 Å². The summed E-state index contributed by atoms with van der Waals surface area (Å²) < 4.78 is 5.12. The maximum atomic E-state index is 12.2. The quantitative estimate of drug-likeness (QED) is 0.264. The predicted molar refractivity (Wildman–Crippen MR) is 120 cm³/mol. The van der Waals surface area contributed by atoms with Crippen LogP contribution in [-0.2, 0) is 20.7 Å². The molecule has 0 radical (unpaired) electrons. The Morgan fingerprint density at radius 1 is 1.10 bits per heavy atom. The molecule has 0 aromatic heterocycles. The minimum absolute atomic E-state index is 0.0661. The number of esters is 1. The van der Waals surface area contributed by atoms with Crippen molar-refractivity contribution in [2.75, 3.05) is 0 Å². The van der Waals surface area contributed by atoms with E-state index in [9.17, 15) is 14.7 Å². The first-order chi connectivity index (χ1) is 14.5. The molecule has 0 bridgehead atoms. The van der Waals surface area contributed by atoms with E-state index in [-0.39, 0.29) is 24.0 Å². The van der Waals surface area contributed by atoms with Gasteiger partial charge in [0.15, 0.2) is 5.78 Å². The third-order valence-electron chi connectivity index (χ3n) is 5.41. The molecule has 30 heavy (non-hydrogen) atoms. The summed E-state index contributed by atoms with van der Waals surface area (Å²) in [4.78, 5) is 23.8. The van der Waals surface area contributed by atoms with Crippen molar-refractivity contribution < 1.29 is 19.4 Å². The highest BCUT2D eigenvalue weighted by Crippen LogP contribution is 2.30. The van der Waals surface area contributed by atoms with Crippen LogP contribution in [-0.4, -0.2) is 29.1 Å². The summed E-state index contributed by atoms with van der Waals surface area (Å²) in [6.07, 6.45) is 10.9. The second-order valence-corrected chi connectivity index (χ2v) is 8.33. The minimum Gasteiger partial charge on any atom is -0.463 e. The van der Waals surface area contributed by atoms with Crippen LogP contribution in [0.25, 0.3) is 0 Å². The monoisotopic (exact) mass is 412 g/mol. The minimum atomic E-state index is -0.337. The molecule has 0 spiro atoms. The first-order valence-electron chi connectivity index (χ1n) is 11.3. The molecular weight excluding hydrogens is 376 g/mol. The maximum Gasteiger partial charge on any atom is 0.306 e. The van der Waals surface area contributed by atoms with Crippen LogP contribution in [0.2, 0.25) is 0 Å². The highest BCUT2D eigenvalue weighted by molar-refractivity contribution is 5.98. The molecule has 0 saturated carbocycles. The second-order valence-electron chi connectivity index (χ2n) is 8.33. The summed E-state index contributed by atoms with van der Waals surface area (Å²) in [6.45, 7) is 3.70. The summed E-state index contributed by atoms with van der Waals surface area (Å²) >= 11 is 0. The normalized spacial score (nSPS) is 15.4. The molecule has 4 nitrogen and oxygen atoms in total. The van der Waals surface area contributed by atoms with E-state index < -0.39 is 0 Å². The summed E-state index contributed by atoms with van der Waals surface area (Å²) in [5.74, 6) is 0.0918. The number of rotatable bonds is 13. The molecule has 0 unspecified atom stereocenters. The summed E-state index contributed by atoms with van der Waals surface area (Å²) in [5.41, 5.74) is 3.39. The van der Waals surface area contributed by atoms with Crippen LogP contribution >= 0.6 is 0 Å². The van der Waals surface area contributed by atoms with Gasteiger partial charge in [-0.1, -0.05) is 48.1 Å². The molecule has 4 heteroatoms. The van der Waals surface area contributed by atoms with Crippen LogP contribution in [0.15, 0.2) is 53.6 Å². The third kappa shape index (κ3) is 9.08. The van der Waals surface area contributed by atoms with Crippen molar-refractivity contribution >= 4 is 11.8 Å². The van der Waals surface area contributed by atoms with Gasteiger partial charge in [0.1, 0.15) is 0 Å². The Hall–Kier alpha value is -2.20. The van der Waals surface area contributed by atoms with Crippen LogP contribution in [0, 0.1) is 0 Å². The van der Waals surface area contributed by atoms with Gasteiger partial charge in [-0.2, -0.15) is 0 Å². The van der Waals surface area contributed by atoms with Gasteiger partial charge >= 0.3 is 5.97 Å². The van der Waals surface area contributed by atoms with E-state index >= 15 is 0 Å². The van der Waals surface area contributed by atoms with Crippen molar-refractivity contribution in [2.45, 2.75) is 90.3 Å². The molecule has 2 rings (SSSR count). The molecule has 1 aromatic carbocycles. The number of unbranched alkanes of at least 4 members (excludes halogenated alkanes) is 1. The van der Waals surface area contributed by atoms with E-state index in [1.54, 1.807) is 0 Å². The topological polar surface area (TPSA) is 63.6 Å². The largest absolute Gasteiger partial charge is 0.463 e. The molecular formula is C26H36O4. The van der Waals surface area contributed by atoms with Crippen LogP contribution in [0.4, 0.5) is 0 Å². The number of aryl methyl sites for hydroxylation is 1. The standard InChI is InChI=1S/C26H36O4/c1-20(2)30-26(29)13-9-4-3-8-12-24-22(16-19-25(24)28)15-18-23(27)17-14-21-10-6-5-7-11-21/h3,5-8,10-11,20,23,27H,4,9,12-19H2,1-2H3/t23-/m1/s1. The van der Waals surface area contributed by atoms with Crippen molar-refractivity contribution in [3.8, 4) is 0 Å². The number of carbonyl (C=O) groups is 2. The lowest BCUT2D eigenvalue weighted by molar-refractivity contribution is -0.147. The van der Waals surface area contributed by atoms with Gasteiger partial charge in [0.25, 0.3) is 0 Å². The zero-order chi connectivity index (χ0) is 21.8. The maximum absolute atomic E-state index is 12.2. The third-order valence-corrected chi connectivity index (χ3v) is 5.41. The second kappa shape index (κ2) is 13.2. The van der Waals surface area contributed by atoms with E-state index in [0.717, 1.165) is 44.1 Å². The van der Waals surface area contributed by atoms with Gasteiger partial charge < -0.3 is 9.84 Å². The molecule has 1 N–H and O–H groups in total. The Kier molecular flexibility index (Phi) is 10.6. The van der Waals surface area contributed by atoms with E-state index in [1.807, 2.05) is 44.2 Å². The van der Waals surface area contributed by atoms with Gasteiger partial charge in [0.05, 0.1) is 12.2 Å². The van der Waals surface area contributed by atoms with Crippen LogP contribution in [0.3, 0.4) is 0 Å². The molecule has 0 aliphatic heterocycles. The average Bonchev–Trinajstić information content (AvgIpc) is 3.07. The number of Topliss-reactive ketones (excluding diaryl/α,β-unsaturated/α-hetero) is 1.